The normalized spacial score (nSPS) is 11.0. The molecule has 0 radical (unpaired) electrons. The van der Waals surface area contributed by atoms with Crippen LogP contribution in [0.4, 0.5) is 5.13 Å². The summed E-state index contributed by atoms with van der Waals surface area (Å²) in [4.78, 5) is 24.7. The molecule has 168 valence electrons. The van der Waals surface area contributed by atoms with Crippen molar-refractivity contribution >= 4 is 32.6 Å². The number of anilines is 1. The summed E-state index contributed by atoms with van der Waals surface area (Å²) in [5, 5.41) is 0.709. The van der Waals surface area contributed by atoms with E-state index >= 15 is 0 Å². The minimum absolute atomic E-state index is 0.00606. The van der Waals surface area contributed by atoms with Gasteiger partial charge in [0.25, 0.3) is 0 Å². The highest BCUT2D eigenvalue weighted by Gasteiger charge is 2.22. The molecule has 5 rings (SSSR count). The van der Waals surface area contributed by atoms with Gasteiger partial charge in [-0.25, -0.2) is 4.98 Å². The predicted octanol–water partition coefficient (Wildman–Crippen LogP) is 6.75. The summed E-state index contributed by atoms with van der Waals surface area (Å²) >= 11 is 1.55. The standard InChI is InChI=1S/C29H25N3OS/c1-20-11-16-26-28(21(20)2)31-29(34-26)32(19-25-10-6-7-17-30-25)27(33)18-22-12-14-24(15-13-22)23-8-4-3-5-9-23/h3-17H,18-19H2,1-2H3. The van der Waals surface area contributed by atoms with Crippen LogP contribution in [0.3, 0.4) is 0 Å². The van der Waals surface area contributed by atoms with Crippen molar-refractivity contribution in [2.75, 3.05) is 4.90 Å². The summed E-state index contributed by atoms with van der Waals surface area (Å²) < 4.78 is 1.09. The van der Waals surface area contributed by atoms with E-state index < -0.39 is 0 Å². The van der Waals surface area contributed by atoms with E-state index in [0.717, 1.165) is 38.2 Å². The van der Waals surface area contributed by atoms with Crippen LogP contribution in [0.25, 0.3) is 21.3 Å². The summed E-state index contributed by atoms with van der Waals surface area (Å²) in [6.45, 7) is 4.56. The molecule has 5 heteroatoms. The summed E-state index contributed by atoms with van der Waals surface area (Å²) in [6, 6.07) is 28.4. The van der Waals surface area contributed by atoms with E-state index in [-0.39, 0.29) is 5.91 Å². The SMILES string of the molecule is Cc1ccc2sc(N(Cc3ccccn3)C(=O)Cc3ccc(-c4ccccc4)cc3)nc2c1C. The number of amides is 1. The van der Waals surface area contributed by atoms with E-state index in [1.165, 1.54) is 5.56 Å². The monoisotopic (exact) mass is 463 g/mol. The van der Waals surface area contributed by atoms with Crippen LogP contribution in [0.5, 0.6) is 0 Å². The minimum Gasteiger partial charge on any atom is -0.282 e. The van der Waals surface area contributed by atoms with Gasteiger partial charge in [-0.2, -0.15) is 0 Å². The molecule has 0 bridgehead atoms. The van der Waals surface area contributed by atoms with Crippen molar-refractivity contribution < 1.29 is 4.79 Å². The molecule has 34 heavy (non-hydrogen) atoms. The molecular weight excluding hydrogens is 438 g/mol. The van der Waals surface area contributed by atoms with Crippen LogP contribution in [-0.2, 0) is 17.8 Å². The van der Waals surface area contributed by atoms with Crippen molar-refractivity contribution in [3.05, 3.63) is 114 Å². The molecule has 0 saturated carbocycles. The number of carbonyl (C=O) groups excluding carboxylic acids is 1. The Kier molecular flexibility index (Phi) is 6.19. The molecular formula is C29H25N3OS. The Morgan fingerprint density at radius 1 is 0.853 bits per heavy atom. The van der Waals surface area contributed by atoms with E-state index in [9.17, 15) is 4.79 Å². The number of hydrogen-bond donors (Lipinski definition) is 0. The molecule has 0 spiro atoms. The highest BCUT2D eigenvalue weighted by atomic mass is 32.1. The van der Waals surface area contributed by atoms with Gasteiger partial charge in [0.15, 0.2) is 5.13 Å². The minimum atomic E-state index is 0.00606. The van der Waals surface area contributed by atoms with E-state index in [0.29, 0.717) is 18.1 Å². The van der Waals surface area contributed by atoms with E-state index in [1.807, 2.05) is 48.5 Å². The fraction of sp³-hybridized carbons (Fsp3) is 0.138. The quantitative estimate of drug-likeness (QED) is 0.280. The van der Waals surface area contributed by atoms with Gasteiger partial charge in [0, 0.05) is 6.20 Å². The molecule has 0 fully saturated rings. The topological polar surface area (TPSA) is 46.1 Å². The molecule has 5 aromatic rings. The first-order valence-corrected chi connectivity index (χ1v) is 12.1. The first-order valence-electron chi connectivity index (χ1n) is 11.3. The fourth-order valence-electron chi connectivity index (χ4n) is 3.96. The van der Waals surface area contributed by atoms with Crippen molar-refractivity contribution in [1.29, 1.82) is 0 Å². The Labute approximate surface area is 203 Å². The van der Waals surface area contributed by atoms with Crippen LogP contribution >= 0.6 is 11.3 Å². The summed E-state index contributed by atoms with van der Waals surface area (Å²) in [5.74, 6) is 0.00606. The van der Waals surface area contributed by atoms with Crippen LogP contribution in [0.2, 0.25) is 0 Å². The first-order chi connectivity index (χ1) is 16.6. The molecule has 0 N–H and O–H groups in total. The number of fused-ring (bicyclic) bond motifs is 1. The third-order valence-electron chi connectivity index (χ3n) is 6.07. The number of nitrogens with zero attached hydrogens (tertiary/aromatic N) is 3. The lowest BCUT2D eigenvalue weighted by Crippen LogP contribution is -2.32. The number of thiazole rings is 1. The molecule has 1 amide bonds. The zero-order valence-corrected chi connectivity index (χ0v) is 20.0. The largest absolute Gasteiger partial charge is 0.282 e. The van der Waals surface area contributed by atoms with Crippen LogP contribution in [0, 0.1) is 13.8 Å². The Bertz CT molecular complexity index is 1430. The number of aryl methyl sites for hydroxylation is 2. The molecule has 0 atom stereocenters. The number of hydrogen-bond acceptors (Lipinski definition) is 4. The fourth-order valence-corrected chi connectivity index (χ4v) is 5.00. The maximum absolute atomic E-state index is 13.6. The third kappa shape index (κ3) is 4.61. The van der Waals surface area contributed by atoms with Gasteiger partial charge < -0.3 is 0 Å². The zero-order chi connectivity index (χ0) is 23.5. The van der Waals surface area contributed by atoms with Crippen molar-refractivity contribution in [2.45, 2.75) is 26.8 Å². The molecule has 2 heterocycles. The molecule has 0 unspecified atom stereocenters. The maximum Gasteiger partial charge on any atom is 0.233 e. The lowest BCUT2D eigenvalue weighted by Gasteiger charge is -2.19. The van der Waals surface area contributed by atoms with Gasteiger partial charge in [-0.15, -0.1) is 0 Å². The van der Waals surface area contributed by atoms with Gasteiger partial charge in [0.1, 0.15) is 0 Å². The highest BCUT2D eigenvalue weighted by molar-refractivity contribution is 7.22. The van der Waals surface area contributed by atoms with Crippen molar-refractivity contribution in [3.8, 4) is 11.1 Å². The summed E-state index contributed by atoms with van der Waals surface area (Å²) in [7, 11) is 0. The molecule has 2 aromatic heterocycles. The molecule has 4 nitrogen and oxygen atoms in total. The maximum atomic E-state index is 13.6. The average molecular weight is 464 g/mol. The smallest absolute Gasteiger partial charge is 0.233 e. The average Bonchev–Trinajstić information content (AvgIpc) is 3.31. The van der Waals surface area contributed by atoms with E-state index in [4.69, 9.17) is 4.98 Å². The Morgan fingerprint density at radius 3 is 2.32 bits per heavy atom. The Balaban J connectivity index is 1.44. The van der Waals surface area contributed by atoms with Crippen LogP contribution in [-0.4, -0.2) is 15.9 Å². The highest BCUT2D eigenvalue weighted by Crippen LogP contribution is 2.33. The lowest BCUT2D eigenvalue weighted by molar-refractivity contribution is -0.118. The van der Waals surface area contributed by atoms with Crippen molar-refractivity contribution in [1.82, 2.24) is 9.97 Å². The summed E-state index contributed by atoms with van der Waals surface area (Å²) in [6.07, 6.45) is 2.06. The van der Waals surface area contributed by atoms with Crippen LogP contribution in [0.1, 0.15) is 22.4 Å². The van der Waals surface area contributed by atoms with Gasteiger partial charge in [0.05, 0.1) is 28.9 Å². The number of carbonyl (C=O) groups is 1. The van der Waals surface area contributed by atoms with Crippen molar-refractivity contribution in [3.63, 3.8) is 0 Å². The molecule has 0 aliphatic heterocycles. The zero-order valence-electron chi connectivity index (χ0n) is 19.2. The molecule has 3 aromatic carbocycles. The van der Waals surface area contributed by atoms with Crippen molar-refractivity contribution in [2.24, 2.45) is 0 Å². The van der Waals surface area contributed by atoms with Gasteiger partial charge in [-0.1, -0.05) is 78.1 Å². The second-order valence-electron chi connectivity index (χ2n) is 8.39. The van der Waals surface area contributed by atoms with Gasteiger partial charge >= 0.3 is 0 Å². The van der Waals surface area contributed by atoms with Crippen LogP contribution < -0.4 is 4.90 Å². The number of benzene rings is 3. The Morgan fingerprint density at radius 2 is 1.59 bits per heavy atom. The molecule has 0 aliphatic carbocycles. The van der Waals surface area contributed by atoms with E-state index in [2.05, 4.69) is 55.2 Å². The Hall–Kier alpha value is -3.83. The van der Waals surface area contributed by atoms with Gasteiger partial charge in [0.2, 0.25) is 5.91 Å². The van der Waals surface area contributed by atoms with Gasteiger partial charge in [-0.3, -0.25) is 14.7 Å². The van der Waals surface area contributed by atoms with E-state index in [1.54, 1.807) is 22.4 Å². The second-order valence-corrected chi connectivity index (χ2v) is 9.40. The summed E-state index contributed by atoms with van der Waals surface area (Å²) in [5.41, 5.74) is 7.43. The first kappa shape index (κ1) is 22.0. The number of aromatic nitrogens is 2. The molecule has 0 aliphatic rings. The number of pyridine rings is 1. The predicted molar refractivity (Wildman–Crippen MR) is 140 cm³/mol. The van der Waals surface area contributed by atoms with Crippen LogP contribution in [0.15, 0.2) is 91.1 Å². The second kappa shape index (κ2) is 9.57. The van der Waals surface area contributed by atoms with Gasteiger partial charge in [-0.05, 0) is 59.9 Å². The lowest BCUT2D eigenvalue weighted by atomic mass is 10.0. The third-order valence-corrected chi connectivity index (χ3v) is 7.11. The number of rotatable bonds is 6. The molecule has 0 saturated heterocycles.